The summed E-state index contributed by atoms with van der Waals surface area (Å²) >= 11 is 0. The van der Waals surface area contributed by atoms with Crippen molar-refractivity contribution >= 4 is 12.1 Å². The number of aliphatic carboxylic acids is 1. The fraction of sp³-hybridized carbons (Fsp3) is 0.647. The van der Waals surface area contributed by atoms with Crippen LogP contribution in [0.25, 0.3) is 0 Å². The van der Waals surface area contributed by atoms with E-state index in [1.165, 1.54) is 0 Å². The van der Waals surface area contributed by atoms with Gasteiger partial charge in [-0.3, -0.25) is 9.69 Å². The zero-order valence-corrected chi connectivity index (χ0v) is 14.7. The van der Waals surface area contributed by atoms with Gasteiger partial charge in [0.05, 0.1) is 12.5 Å². The molecule has 132 valence electrons. The maximum atomic E-state index is 12.4. The zero-order chi connectivity index (χ0) is 17.9. The van der Waals surface area contributed by atoms with E-state index in [1.807, 2.05) is 27.7 Å². The van der Waals surface area contributed by atoms with Crippen LogP contribution in [0.3, 0.4) is 0 Å². The Bertz CT molecular complexity index is 625. The highest BCUT2D eigenvalue weighted by atomic mass is 16.6. The van der Waals surface area contributed by atoms with Gasteiger partial charge in [0, 0.05) is 24.4 Å². The molecule has 1 aliphatic heterocycles. The fourth-order valence-electron chi connectivity index (χ4n) is 2.74. The first-order valence-electron chi connectivity index (χ1n) is 8.21. The van der Waals surface area contributed by atoms with E-state index in [4.69, 9.17) is 9.84 Å². The number of ether oxygens (including phenoxy) is 1. The molecule has 0 radical (unpaired) electrons. The highest BCUT2D eigenvalue weighted by Gasteiger charge is 2.35. The smallest absolute Gasteiger partial charge is 0.410 e. The normalized spacial score (nSPS) is 17.8. The van der Waals surface area contributed by atoms with E-state index in [9.17, 15) is 9.59 Å². The fourth-order valence-corrected chi connectivity index (χ4v) is 2.74. The van der Waals surface area contributed by atoms with Crippen LogP contribution in [-0.2, 0) is 16.0 Å². The monoisotopic (exact) mass is 335 g/mol. The Morgan fingerprint density at radius 3 is 2.71 bits per heavy atom. The number of aromatic nitrogens is 2. The topological polar surface area (TPSA) is 92.6 Å². The molecule has 2 heterocycles. The van der Waals surface area contributed by atoms with Crippen LogP contribution in [0.1, 0.15) is 63.3 Å². The highest BCUT2D eigenvalue weighted by Crippen LogP contribution is 2.31. The number of amides is 1. The van der Waals surface area contributed by atoms with Crippen LogP contribution >= 0.6 is 0 Å². The molecule has 1 aromatic heterocycles. The maximum Gasteiger partial charge on any atom is 0.410 e. The third kappa shape index (κ3) is 4.91. The number of rotatable bonds is 4. The first kappa shape index (κ1) is 18.2. The van der Waals surface area contributed by atoms with Crippen LogP contribution in [0.15, 0.2) is 6.07 Å². The minimum absolute atomic E-state index is 0.0241. The average Bonchev–Trinajstić information content (AvgIpc) is 2.92. The summed E-state index contributed by atoms with van der Waals surface area (Å²) in [5.41, 5.74) is 0.914. The van der Waals surface area contributed by atoms with Crippen molar-refractivity contribution in [1.82, 2.24) is 14.9 Å². The second-order valence-corrected chi connectivity index (χ2v) is 7.08. The Hall–Kier alpha value is -2.18. The summed E-state index contributed by atoms with van der Waals surface area (Å²) in [7, 11) is 0. The van der Waals surface area contributed by atoms with Gasteiger partial charge in [0.15, 0.2) is 5.82 Å². The lowest BCUT2D eigenvalue weighted by Crippen LogP contribution is -2.37. The molecule has 2 rings (SSSR count). The van der Waals surface area contributed by atoms with Crippen molar-refractivity contribution in [2.24, 2.45) is 0 Å². The van der Waals surface area contributed by atoms with Gasteiger partial charge in [-0.1, -0.05) is 0 Å². The number of carboxylic acids is 1. The lowest BCUT2D eigenvalue weighted by Gasteiger charge is -2.28. The summed E-state index contributed by atoms with van der Waals surface area (Å²) in [6.07, 6.45) is 1.66. The molecular weight excluding hydrogens is 310 g/mol. The lowest BCUT2D eigenvalue weighted by atomic mass is 10.1. The molecule has 1 saturated heterocycles. The van der Waals surface area contributed by atoms with Gasteiger partial charge in [-0.25, -0.2) is 14.8 Å². The molecule has 0 saturated carbocycles. The third-order valence-corrected chi connectivity index (χ3v) is 3.70. The van der Waals surface area contributed by atoms with Gasteiger partial charge in [0.1, 0.15) is 5.60 Å². The Balaban J connectivity index is 2.19. The molecule has 0 unspecified atom stereocenters. The number of likely N-dealkylation sites (tertiary alicyclic amines) is 1. The molecule has 7 heteroatoms. The number of hydrogen-bond donors (Lipinski definition) is 1. The molecule has 24 heavy (non-hydrogen) atoms. The Kier molecular flexibility index (Phi) is 5.41. The van der Waals surface area contributed by atoms with E-state index in [0.29, 0.717) is 24.5 Å². The van der Waals surface area contributed by atoms with Crippen LogP contribution in [0.5, 0.6) is 0 Å². The summed E-state index contributed by atoms with van der Waals surface area (Å²) in [4.78, 5) is 33.8. The van der Waals surface area contributed by atoms with Crippen molar-refractivity contribution in [3.63, 3.8) is 0 Å². The standard InChI is InChI=1S/C17H25N3O4/c1-11-10-12(7-8-14(21)22)19-15(18-11)13-6-5-9-20(13)16(23)24-17(2,3)4/h10,13H,5-9H2,1-4H3,(H,21,22)/t13-/m0/s1. The van der Waals surface area contributed by atoms with E-state index in [-0.39, 0.29) is 18.6 Å². The van der Waals surface area contributed by atoms with Gasteiger partial charge >= 0.3 is 12.1 Å². The van der Waals surface area contributed by atoms with Crippen molar-refractivity contribution in [1.29, 1.82) is 0 Å². The van der Waals surface area contributed by atoms with Crippen LogP contribution in [-0.4, -0.2) is 44.2 Å². The first-order chi connectivity index (χ1) is 11.2. The number of carbonyl (C=O) groups is 2. The summed E-state index contributed by atoms with van der Waals surface area (Å²) < 4.78 is 5.47. The summed E-state index contributed by atoms with van der Waals surface area (Å²) in [6, 6.07) is 1.57. The molecule has 1 aromatic rings. The van der Waals surface area contributed by atoms with Crippen LogP contribution in [0, 0.1) is 6.92 Å². The van der Waals surface area contributed by atoms with Gasteiger partial charge < -0.3 is 9.84 Å². The Morgan fingerprint density at radius 1 is 1.38 bits per heavy atom. The van der Waals surface area contributed by atoms with E-state index < -0.39 is 11.6 Å². The van der Waals surface area contributed by atoms with Crippen LogP contribution in [0.4, 0.5) is 4.79 Å². The van der Waals surface area contributed by atoms with Crippen molar-refractivity contribution < 1.29 is 19.4 Å². The zero-order valence-electron chi connectivity index (χ0n) is 14.7. The third-order valence-electron chi connectivity index (χ3n) is 3.70. The SMILES string of the molecule is Cc1cc(CCC(=O)O)nc([C@@H]2CCCN2C(=O)OC(C)(C)C)n1. The van der Waals surface area contributed by atoms with E-state index in [1.54, 1.807) is 11.0 Å². The number of carbonyl (C=O) groups excluding carboxylic acids is 1. The van der Waals surface area contributed by atoms with Crippen LogP contribution in [0.2, 0.25) is 0 Å². The number of nitrogens with zero attached hydrogens (tertiary/aromatic N) is 3. The van der Waals surface area contributed by atoms with Gasteiger partial charge in [-0.15, -0.1) is 0 Å². The van der Waals surface area contributed by atoms with Crippen molar-refractivity contribution in [2.75, 3.05) is 6.54 Å². The molecule has 0 spiro atoms. The predicted molar refractivity (Wildman–Crippen MR) is 87.6 cm³/mol. The van der Waals surface area contributed by atoms with Gasteiger partial charge in [-0.2, -0.15) is 0 Å². The van der Waals surface area contributed by atoms with E-state index >= 15 is 0 Å². The van der Waals surface area contributed by atoms with E-state index in [0.717, 1.165) is 18.5 Å². The largest absolute Gasteiger partial charge is 0.481 e. The highest BCUT2D eigenvalue weighted by molar-refractivity contribution is 5.69. The average molecular weight is 335 g/mol. The summed E-state index contributed by atoms with van der Waals surface area (Å²) in [5, 5.41) is 8.84. The molecule has 0 aromatic carbocycles. The van der Waals surface area contributed by atoms with E-state index in [2.05, 4.69) is 9.97 Å². The predicted octanol–water partition coefficient (Wildman–Crippen LogP) is 2.87. The Morgan fingerprint density at radius 2 is 2.08 bits per heavy atom. The first-order valence-corrected chi connectivity index (χ1v) is 8.21. The van der Waals surface area contributed by atoms with Crippen LogP contribution < -0.4 is 0 Å². The summed E-state index contributed by atoms with van der Waals surface area (Å²) in [6.45, 7) is 7.97. The van der Waals surface area contributed by atoms with Crippen molar-refractivity contribution in [3.8, 4) is 0 Å². The minimum atomic E-state index is -0.857. The van der Waals surface area contributed by atoms with Gasteiger partial charge in [-0.05, 0) is 46.6 Å². The van der Waals surface area contributed by atoms with Gasteiger partial charge in [0.25, 0.3) is 0 Å². The molecular formula is C17H25N3O4. The number of carboxylic acid groups (broad SMARTS) is 1. The number of aryl methyl sites for hydroxylation is 2. The lowest BCUT2D eigenvalue weighted by molar-refractivity contribution is -0.136. The second-order valence-electron chi connectivity index (χ2n) is 7.08. The molecule has 1 amide bonds. The quantitative estimate of drug-likeness (QED) is 0.909. The molecule has 7 nitrogen and oxygen atoms in total. The minimum Gasteiger partial charge on any atom is -0.481 e. The molecule has 1 fully saturated rings. The molecule has 0 bridgehead atoms. The van der Waals surface area contributed by atoms with Crippen molar-refractivity contribution in [2.45, 2.75) is 65.0 Å². The summed E-state index contributed by atoms with van der Waals surface area (Å²) in [5.74, 6) is -0.289. The second kappa shape index (κ2) is 7.15. The molecule has 0 aliphatic carbocycles. The molecule has 1 atom stereocenters. The van der Waals surface area contributed by atoms with Crippen molar-refractivity contribution in [3.05, 3.63) is 23.3 Å². The maximum absolute atomic E-state index is 12.4. The van der Waals surface area contributed by atoms with Gasteiger partial charge in [0.2, 0.25) is 0 Å². The molecule has 1 aliphatic rings. The number of hydrogen-bond acceptors (Lipinski definition) is 5. The molecule has 1 N–H and O–H groups in total. The Labute approximate surface area is 142 Å².